The Morgan fingerprint density at radius 3 is 2.84 bits per heavy atom. The van der Waals surface area contributed by atoms with Crippen LogP contribution in [-0.4, -0.2) is 29.3 Å². The lowest BCUT2D eigenvalue weighted by molar-refractivity contribution is -0.129. The van der Waals surface area contributed by atoms with Crippen molar-refractivity contribution in [2.24, 2.45) is 0 Å². The number of para-hydroxylation sites is 1. The molecule has 0 radical (unpaired) electrons. The molecule has 0 spiro atoms. The summed E-state index contributed by atoms with van der Waals surface area (Å²) in [5.74, 6) is 0.689. The van der Waals surface area contributed by atoms with Crippen molar-refractivity contribution >= 4 is 5.91 Å². The highest BCUT2D eigenvalue weighted by atomic mass is 16.5. The summed E-state index contributed by atoms with van der Waals surface area (Å²) in [5.41, 5.74) is 1.08. The first-order valence-electron chi connectivity index (χ1n) is 6.97. The second-order valence-electron chi connectivity index (χ2n) is 5.39. The Balaban J connectivity index is 1.60. The van der Waals surface area contributed by atoms with Crippen LogP contribution in [0, 0.1) is 0 Å². The van der Waals surface area contributed by atoms with Crippen LogP contribution in [0.15, 0.2) is 24.3 Å². The zero-order chi connectivity index (χ0) is 13.2. The van der Waals surface area contributed by atoms with Crippen LogP contribution in [-0.2, 0) is 11.2 Å². The Morgan fingerprint density at radius 2 is 2.05 bits per heavy atom. The van der Waals surface area contributed by atoms with E-state index in [-0.39, 0.29) is 11.9 Å². The number of ether oxygens (including phenoxy) is 1. The third-order valence-corrected chi connectivity index (χ3v) is 4.00. The molecule has 1 aromatic carbocycles. The van der Waals surface area contributed by atoms with Crippen molar-refractivity contribution in [1.29, 1.82) is 0 Å². The van der Waals surface area contributed by atoms with Gasteiger partial charge in [-0.15, -0.1) is 0 Å². The van der Waals surface area contributed by atoms with Crippen LogP contribution in [0.2, 0.25) is 0 Å². The highest BCUT2D eigenvalue weighted by Gasteiger charge is 2.32. The average molecular weight is 261 g/mol. The molecular weight excluding hydrogens is 242 g/mol. The molecule has 2 aliphatic rings. The van der Waals surface area contributed by atoms with E-state index in [9.17, 15) is 9.90 Å². The molecule has 1 fully saturated rings. The molecular formula is C15H19NO3. The second-order valence-corrected chi connectivity index (χ2v) is 5.39. The average Bonchev–Trinajstić information content (AvgIpc) is 2.85. The summed E-state index contributed by atoms with van der Waals surface area (Å²) in [6.45, 7) is 0. The molecule has 3 unspecified atom stereocenters. The van der Waals surface area contributed by atoms with Gasteiger partial charge in [0.1, 0.15) is 5.75 Å². The van der Waals surface area contributed by atoms with Gasteiger partial charge in [0.15, 0.2) is 6.10 Å². The Kier molecular flexibility index (Phi) is 3.42. The third-order valence-electron chi connectivity index (χ3n) is 4.00. The first kappa shape index (κ1) is 12.5. The lowest BCUT2D eigenvalue weighted by Crippen LogP contribution is -2.49. The molecule has 1 heterocycles. The number of rotatable bonds is 2. The first-order valence-corrected chi connectivity index (χ1v) is 6.97. The van der Waals surface area contributed by atoms with Crippen molar-refractivity contribution in [1.82, 2.24) is 5.32 Å². The number of aliphatic hydroxyl groups is 1. The van der Waals surface area contributed by atoms with E-state index in [1.54, 1.807) is 0 Å². The molecule has 1 aromatic rings. The zero-order valence-electron chi connectivity index (χ0n) is 10.8. The van der Waals surface area contributed by atoms with Gasteiger partial charge in [-0.3, -0.25) is 4.79 Å². The van der Waals surface area contributed by atoms with Gasteiger partial charge >= 0.3 is 0 Å². The second kappa shape index (κ2) is 5.21. The molecule has 2 N–H and O–H groups in total. The van der Waals surface area contributed by atoms with E-state index in [0.717, 1.165) is 37.0 Å². The first-order chi connectivity index (χ1) is 9.24. The molecule has 4 heteroatoms. The number of carbonyl (C=O) groups excluding carboxylic acids is 1. The summed E-state index contributed by atoms with van der Waals surface area (Å²) in [6, 6.07) is 7.61. The van der Waals surface area contributed by atoms with Crippen LogP contribution in [0.1, 0.15) is 31.2 Å². The van der Waals surface area contributed by atoms with Crippen LogP contribution >= 0.6 is 0 Å². The lowest BCUT2D eigenvalue weighted by Gasteiger charge is -2.29. The minimum atomic E-state index is -0.452. The van der Waals surface area contributed by atoms with Gasteiger partial charge in [0, 0.05) is 6.42 Å². The Morgan fingerprint density at radius 1 is 1.26 bits per heavy atom. The van der Waals surface area contributed by atoms with E-state index in [1.165, 1.54) is 0 Å². The number of carbonyl (C=O) groups is 1. The summed E-state index contributed by atoms with van der Waals surface area (Å²) >= 11 is 0. The maximum atomic E-state index is 12.2. The molecule has 0 aromatic heterocycles. The summed E-state index contributed by atoms with van der Waals surface area (Å²) in [4.78, 5) is 12.2. The predicted molar refractivity (Wildman–Crippen MR) is 71.0 cm³/mol. The molecule has 1 amide bonds. The normalized spacial score (nSPS) is 29.4. The topological polar surface area (TPSA) is 58.6 Å². The Bertz CT molecular complexity index is 449. The van der Waals surface area contributed by atoms with E-state index >= 15 is 0 Å². The number of aliphatic hydroxyl groups excluding tert-OH is 1. The van der Waals surface area contributed by atoms with Gasteiger partial charge in [-0.05, 0) is 24.5 Å². The zero-order valence-corrected chi connectivity index (χ0v) is 10.8. The van der Waals surface area contributed by atoms with Gasteiger partial charge in [-0.2, -0.15) is 0 Å². The predicted octanol–water partition coefficient (Wildman–Crippen LogP) is 1.41. The van der Waals surface area contributed by atoms with Crippen LogP contribution < -0.4 is 10.1 Å². The van der Waals surface area contributed by atoms with E-state index in [0.29, 0.717) is 6.42 Å². The van der Waals surface area contributed by atoms with E-state index in [2.05, 4.69) is 5.32 Å². The molecule has 1 saturated carbocycles. The highest BCUT2D eigenvalue weighted by molar-refractivity contribution is 5.82. The maximum Gasteiger partial charge on any atom is 0.261 e. The minimum absolute atomic E-state index is 0.109. The SMILES string of the molecule is O=C(NC1CCCCC1O)C1Cc2ccccc2O1. The smallest absolute Gasteiger partial charge is 0.261 e. The standard InChI is InChI=1S/C15H19NO3/c17-12-7-3-2-6-11(12)16-15(18)14-9-10-5-1-4-8-13(10)19-14/h1,4-5,8,11-12,14,17H,2-3,6-7,9H2,(H,16,18). The van der Waals surface area contributed by atoms with Gasteiger partial charge in [0.25, 0.3) is 5.91 Å². The van der Waals surface area contributed by atoms with Crippen LogP contribution in [0.5, 0.6) is 5.75 Å². The van der Waals surface area contributed by atoms with Gasteiger partial charge in [0.2, 0.25) is 0 Å². The molecule has 4 nitrogen and oxygen atoms in total. The summed E-state index contributed by atoms with van der Waals surface area (Å²) in [6.07, 6.45) is 3.48. The molecule has 1 aliphatic heterocycles. The van der Waals surface area contributed by atoms with Crippen LogP contribution in [0.3, 0.4) is 0 Å². The molecule has 19 heavy (non-hydrogen) atoms. The van der Waals surface area contributed by atoms with Gasteiger partial charge in [-0.1, -0.05) is 31.0 Å². The Labute approximate surface area is 112 Å². The van der Waals surface area contributed by atoms with Crippen molar-refractivity contribution in [2.45, 2.75) is 50.4 Å². The number of fused-ring (bicyclic) bond motifs is 1. The van der Waals surface area contributed by atoms with Crippen molar-refractivity contribution in [3.63, 3.8) is 0 Å². The van der Waals surface area contributed by atoms with Gasteiger partial charge in [0.05, 0.1) is 12.1 Å². The van der Waals surface area contributed by atoms with Gasteiger partial charge < -0.3 is 15.2 Å². The van der Waals surface area contributed by atoms with Crippen LogP contribution in [0.25, 0.3) is 0 Å². The van der Waals surface area contributed by atoms with Crippen molar-refractivity contribution < 1.29 is 14.6 Å². The fraction of sp³-hybridized carbons (Fsp3) is 0.533. The molecule has 102 valence electrons. The van der Waals surface area contributed by atoms with E-state index < -0.39 is 12.2 Å². The molecule has 3 atom stereocenters. The fourth-order valence-corrected chi connectivity index (χ4v) is 2.88. The lowest BCUT2D eigenvalue weighted by atomic mass is 9.92. The van der Waals surface area contributed by atoms with Crippen molar-refractivity contribution in [3.8, 4) is 5.75 Å². The number of hydrogen-bond acceptors (Lipinski definition) is 3. The number of benzene rings is 1. The van der Waals surface area contributed by atoms with E-state index in [4.69, 9.17) is 4.74 Å². The monoisotopic (exact) mass is 261 g/mol. The van der Waals surface area contributed by atoms with Crippen LogP contribution in [0.4, 0.5) is 0 Å². The highest BCUT2D eigenvalue weighted by Crippen LogP contribution is 2.28. The summed E-state index contributed by atoms with van der Waals surface area (Å²) < 4.78 is 5.65. The number of hydrogen-bond donors (Lipinski definition) is 2. The quantitative estimate of drug-likeness (QED) is 0.846. The number of amides is 1. The molecule has 3 rings (SSSR count). The summed E-state index contributed by atoms with van der Waals surface area (Å²) in [7, 11) is 0. The third kappa shape index (κ3) is 2.59. The van der Waals surface area contributed by atoms with E-state index in [1.807, 2.05) is 24.3 Å². The van der Waals surface area contributed by atoms with Crippen molar-refractivity contribution in [3.05, 3.63) is 29.8 Å². The summed E-state index contributed by atoms with van der Waals surface area (Å²) in [5, 5.41) is 12.8. The van der Waals surface area contributed by atoms with Crippen molar-refractivity contribution in [2.75, 3.05) is 0 Å². The Hall–Kier alpha value is -1.55. The molecule has 0 saturated heterocycles. The number of nitrogens with one attached hydrogen (secondary N) is 1. The molecule has 1 aliphatic carbocycles. The maximum absolute atomic E-state index is 12.2. The minimum Gasteiger partial charge on any atom is -0.480 e. The largest absolute Gasteiger partial charge is 0.480 e. The van der Waals surface area contributed by atoms with Gasteiger partial charge in [-0.25, -0.2) is 0 Å². The molecule has 0 bridgehead atoms. The fourth-order valence-electron chi connectivity index (χ4n) is 2.88.